The lowest BCUT2D eigenvalue weighted by molar-refractivity contribution is -0.0643. The molecule has 0 aliphatic carbocycles. The highest BCUT2D eigenvalue weighted by Crippen LogP contribution is 2.43. The van der Waals surface area contributed by atoms with Crippen molar-refractivity contribution < 1.29 is 9.50 Å². The minimum absolute atomic E-state index is 0.258. The Morgan fingerprint density at radius 1 is 1.06 bits per heavy atom. The number of rotatable bonds is 7. The minimum Gasteiger partial charge on any atom is -0.389 e. The lowest BCUT2D eigenvalue weighted by atomic mass is 9.71. The van der Waals surface area contributed by atoms with Gasteiger partial charge in [0.2, 0.25) is 0 Å². The van der Waals surface area contributed by atoms with E-state index in [1.165, 1.54) is 11.6 Å². The van der Waals surface area contributed by atoms with Crippen LogP contribution in [0.1, 0.15) is 39.2 Å². The average Bonchev–Trinajstić information content (AvgIpc) is 2.84. The lowest BCUT2D eigenvalue weighted by Crippen LogP contribution is -2.62. The van der Waals surface area contributed by atoms with Crippen molar-refractivity contribution in [3.8, 4) is 11.1 Å². The predicted molar refractivity (Wildman–Crippen MR) is 143 cm³/mol. The molecule has 0 radical (unpaired) electrons. The molecule has 2 fully saturated rings. The van der Waals surface area contributed by atoms with Crippen molar-refractivity contribution in [1.82, 2.24) is 14.9 Å². The summed E-state index contributed by atoms with van der Waals surface area (Å²) < 4.78 is 14.3. The van der Waals surface area contributed by atoms with Crippen LogP contribution in [0.5, 0.6) is 0 Å². The van der Waals surface area contributed by atoms with Gasteiger partial charge in [-0.1, -0.05) is 31.2 Å². The van der Waals surface area contributed by atoms with Crippen LogP contribution < -0.4 is 10.2 Å². The molecule has 3 aromatic rings. The van der Waals surface area contributed by atoms with Gasteiger partial charge in [-0.3, -0.25) is 4.90 Å². The Hall–Kier alpha value is -3.03. The number of benzene rings is 2. The van der Waals surface area contributed by atoms with Crippen LogP contribution >= 0.6 is 0 Å². The number of nitrogens with zero attached hydrogens (tertiary/aromatic N) is 4. The summed E-state index contributed by atoms with van der Waals surface area (Å²) in [6.45, 7) is 10.5. The Morgan fingerprint density at radius 2 is 1.81 bits per heavy atom. The van der Waals surface area contributed by atoms with Gasteiger partial charge in [-0.05, 0) is 67.9 Å². The third-order valence-corrected chi connectivity index (χ3v) is 7.48. The summed E-state index contributed by atoms with van der Waals surface area (Å²) in [4.78, 5) is 13.6. The number of nitrogens with one attached hydrogen (secondary N) is 1. The third kappa shape index (κ3) is 5.22. The summed E-state index contributed by atoms with van der Waals surface area (Å²) in [5.41, 5.74) is 4.39. The second-order valence-electron chi connectivity index (χ2n) is 11.0. The molecule has 0 bridgehead atoms. The maximum Gasteiger partial charge on any atom is 0.155 e. The van der Waals surface area contributed by atoms with E-state index >= 15 is 0 Å². The number of halogens is 1. The quantitative estimate of drug-likeness (QED) is 0.472. The van der Waals surface area contributed by atoms with E-state index in [1.54, 1.807) is 24.7 Å². The number of hydrogen-bond acceptors (Lipinski definition) is 6. The smallest absolute Gasteiger partial charge is 0.155 e. The summed E-state index contributed by atoms with van der Waals surface area (Å²) in [6.07, 6.45) is 6.47. The van der Waals surface area contributed by atoms with Crippen LogP contribution in [0.25, 0.3) is 11.1 Å². The van der Waals surface area contributed by atoms with Crippen molar-refractivity contribution in [2.75, 3.05) is 42.9 Å². The second kappa shape index (κ2) is 9.79. The number of likely N-dealkylation sites (tertiary alicyclic amines) is 1. The van der Waals surface area contributed by atoms with E-state index in [-0.39, 0.29) is 5.82 Å². The molecule has 2 saturated heterocycles. The standard InChI is InChI=1S/C29H36FN5O/c1-4-21-7-5-6-8-23(21)24-15-22(30)9-10-25(24)33-26-16-31-20-32-27(26)35-13-11-29(12-14-35)18-34(19-29)17-28(2,3)36/h5-10,15-16,20,33,36H,4,11-14,17-19H2,1-3H3. The van der Waals surface area contributed by atoms with Gasteiger partial charge in [-0.25, -0.2) is 14.4 Å². The second-order valence-corrected chi connectivity index (χ2v) is 11.0. The summed E-state index contributed by atoms with van der Waals surface area (Å²) >= 11 is 0. The van der Waals surface area contributed by atoms with E-state index in [9.17, 15) is 9.50 Å². The normalized spacial score (nSPS) is 17.8. The molecular weight excluding hydrogens is 453 g/mol. The van der Waals surface area contributed by atoms with Gasteiger partial charge in [0.1, 0.15) is 17.8 Å². The molecule has 3 heterocycles. The van der Waals surface area contributed by atoms with Crippen molar-refractivity contribution in [2.45, 2.75) is 45.6 Å². The zero-order valence-corrected chi connectivity index (χ0v) is 21.5. The first-order valence-corrected chi connectivity index (χ1v) is 12.9. The number of aromatic nitrogens is 2. The molecule has 0 saturated carbocycles. The summed E-state index contributed by atoms with van der Waals surface area (Å²) in [7, 11) is 0. The summed E-state index contributed by atoms with van der Waals surface area (Å²) in [5, 5.41) is 13.7. The number of aryl methyl sites for hydroxylation is 1. The first-order valence-electron chi connectivity index (χ1n) is 12.9. The fraction of sp³-hybridized carbons (Fsp3) is 0.448. The molecule has 2 N–H and O–H groups in total. The Labute approximate surface area is 213 Å². The lowest BCUT2D eigenvalue weighted by Gasteiger charge is -2.55. The molecule has 5 rings (SSSR count). The molecule has 2 aliphatic rings. The molecule has 0 unspecified atom stereocenters. The largest absolute Gasteiger partial charge is 0.389 e. The minimum atomic E-state index is -0.652. The molecule has 2 aromatic carbocycles. The van der Waals surface area contributed by atoms with Crippen molar-refractivity contribution in [3.63, 3.8) is 0 Å². The Kier molecular flexibility index (Phi) is 6.70. The van der Waals surface area contributed by atoms with Gasteiger partial charge in [-0.15, -0.1) is 0 Å². The molecule has 36 heavy (non-hydrogen) atoms. The van der Waals surface area contributed by atoms with Gasteiger partial charge in [0.05, 0.1) is 11.8 Å². The maximum absolute atomic E-state index is 14.3. The summed E-state index contributed by atoms with van der Waals surface area (Å²) in [6, 6.07) is 13.0. The van der Waals surface area contributed by atoms with Crippen molar-refractivity contribution in [3.05, 3.63) is 66.4 Å². The van der Waals surface area contributed by atoms with Gasteiger partial charge < -0.3 is 15.3 Å². The monoisotopic (exact) mass is 489 g/mol. The molecule has 7 heteroatoms. The van der Waals surface area contributed by atoms with Gasteiger partial charge >= 0.3 is 0 Å². The van der Waals surface area contributed by atoms with Crippen molar-refractivity contribution in [2.24, 2.45) is 5.41 Å². The fourth-order valence-electron chi connectivity index (χ4n) is 5.82. The predicted octanol–water partition coefficient (Wildman–Crippen LogP) is 5.26. The van der Waals surface area contributed by atoms with Gasteiger partial charge in [0.25, 0.3) is 0 Å². The molecule has 1 spiro atoms. The van der Waals surface area contributed by atoms with E-state index < -0.39 is 5.60 Å². The van der Waals surface area contributed by atoms with Crippen LogP contribution in [0.4, 0.5) is 21.6 Å². The number of anilines is 3. The Morgan fingerprint density at radius 3 is 2.53 bits per heavy atom. The van der Waals surface area contributed by atoms with Crippen molar-refractivity contribution >= 4 is 17.2 Å². The third-order valence-electron chi connectivity index (χ3n) is 7.48. The maximum atomic E-state index is 14.3. The number of aliphatic hydroxyl groups is 1. The Balaban J connectivity index is 1.34. The van der Waals surface area contributed by atoms with E-state index in [0.717, 1.165) is 80.3 Å². The molecule has 190 valence electrons. The first-order chi connectivity index (χ1) is 17.3. The zero-order chi connectivity index (χ0) is 25.3. The van der Waals surface area contributed by atoms with Crippen LogP contribution in [-0.4, -0.2) is 58.3 Å². The van der Waals surface area contributed by atoms with Crippen LogP contribution in [0.15, 0.2) is 55.0 Å². The highest BCUT2D eigenvalue weighted by atomic mass is 19.1. The molecule has 0 atom stereocenters. The highest BCUT2D eigenvalue weighted by molar-refractivity contribution is 5.84. The van der Waals surface area contributed by atoms with Gasteiger partial charge in [-0.2, -0.15) is 0 Å². The van der Waals surface area contributed by atoms with Crippen LogP contribution in [0.3, 0.4) is 0 Å². The molecular formula is C29H36FN5O. The van der Waals surface area contributed by atoms with Gasteiger partial charge in [0, 0.05) is 44.0 Å². The molecule has 2 aliphatic heterocycles. The summed E-state index contributed by atoms with van der Waals surface area (Å²) in [5.74, 6) is 0.623. The zero-order valence-electron chi connectivity index (χ0n) is 21.5. The molecule has 0 amide bonds. The van der Waals surface area contributed by atoms with Crippen LogP contribution in [0.2, 0.25) is 0 Å². The number of β-amino-alcohol motifs (C(OH)–C–C–N with tert-alkyl or cyclic N) is 1. The Bertz CT molecular complexity index is 1210. The topological polar surface area (TPSA) is 64.5 Å². The number of hydrogen-bond donors (Lipinski definition) is 2. The van der Waals surface area contributed by atoms with E-state index in [1.807, 2.05) is 32.0 Å². The number of piperidine rings is 1. The first kappa shape index (κ1) is 24.7. The van der Waals surface area contributed by atoms with Crippen LogP contribution in [-0.2, 0) is 6.42 Å². The molecule has 1 aromatic heterocycles. The van der Waals surface area contributed by atoms with Crippen molar-refractivity contribution in [1.29, 1.82) is 0 Å². The van der Waals surface area contributed by atoms with E-state index in [4.69, 9.17) is 0 Å². The van der Waals surface area contributed by atoms with E-state index in [0.29, 0.717) is 5.41 Å². The SMILES string of the molecule is CCc1ccccc1-c1cc(F)ccc1Nc1cncnc1N1CCC2(CC1)CN(CC(C)(C)O)C2. The highest BCUT2D eigenvalue weighted by Gasteiger charge is 2.46. The van der Waals surface area contributed by atoms with E-state index in [2.05, 4.69) is 38.1 Å². The fourth-order valence-corrected chi connectivity index (χ4v) is 5.82. The average molecular weight is 490 g/mol. The molecule has 6 nitrogen and oxygen atoms in total. The van der Waals surface area contributed by atoms with Crippen LogP contribution in [0, 0.1) is 11.2 Å². The van der Waals surface area contributed by atoms with Gasteiger partial charge in [0.15, 0.2) is 5.82 Å².